The van der Waals surface area contributed by atoms with Crippen molar-refractivity contribution >= 4 is 6.03 Å². The first-order valence-corrected chi connectivity index (χ1v) is 12.0. The van der Waals surface area contributed by atoms with E-state index >= 15 is 0 Å². The van der Waals surface area contributed by atoms with Crippen molar-refractivity contribution in [1.29, 1.82) is 0 Å². The van der Waals surface area contributed by atoms with Gasteiger partial charge in [-0.05, 0) is 41.5 Å². The highest BCUT2D eigenvalue weighted by molar-refractivity contribution is 5.79. The van der Waals surface area contributed by atoms with E-state index in [9.17, 15) is 40.6 Å². The molecule has 2 fully saturated rings. The number of hydrogen-bond donors (Lipinski definition) is 2. The minimum Gasteiger partial charge on any atom is -0.379 e. The molecule has 2 aliphatic rings. The van der Waals surface area contributed by atoms with Crippen LogP contribution in [0.25, 0.3) is 0 Å². The van der Waals surface area contributed by atoms with E-state index in [1.807, 2.05) is 4.90 Å². The zero-order valence-corrected chi connectivity index (χ0v) is 20.5. The Morgan fingerprint density at radius 2 is 1.56 bits per heavy atom. The normalized spacial score (nSPS) is 22.8. The van der Waals surface area contributed by atoms with Gasteiger partial charge in [0.25, 0.3) is 0 Å². The van der Waals surface area contributed by atoms with Crippen LogP contribution in [-0.2, 0) is 34.0 Å². The zero-order chi connectivity index (χ0) is 28.4. The van der Waals surface area contributed by atoms with Gasteiger partial charge in [-0.15, -0.1) is 0 Å². The predicted molar refractivity (Wildman–Crippen MR) is 123 cm³/mol. The molecule has 2 aromatic carbocycles. The molecular weight excluding hydrogens is 539 g/mol. The molecule has 2 unspecified atom stereocenters. The fourth-order valence-corrected chi connectivity index (χ4v) is 4.60. The number of morpholine rings is 1. The Hall–Kier alpha value is -2.94. The summed E-state index contributed by atoms with van der Waals surface area (Å²) in [4.78, 5) is 16.1. The molecule has 39 heavy (non-hydrogen) atoms. The molecule has 2 aliphatic heterocycles. The third kappa shape index (κ3) is 6.62. The maximum Gasteiger partial charge on any atom is 0.416 e. The molecule has 0 aromatic heterocycles. The Morgan fingerprint density at radius 1 is 0.974 bits per heavy atom. The summed E-state index contributed by atoms with van der Waals surface area (Å²) in [6.45, 7) is 1.62. The lowest BCUT2D eigenvalue weighted by Crippen LogP contribution is -2.51. The average molecular weight is 565 g/mol. The van der Waals surface area contributed by atoms with Crippen LogP contribution in [0.15, 0.2) is 42.5 Å². The number of hydrogen-bond acceptors (Lipinski definition) is 5. The molecule has 0 aliphatic carbocycles. The molecule has 2 aromatic rings. The third-order valence-corrected chi connectivity index (χ3v) is 6.69. The molecule has 2 heterocycles. The maximum atomic E-state index is 13.6. The summed E-state index contributed by atoms with van der Waals surface area (Å²) in [6.07, 6.45) is -11.6. The summed E-state index contributed by atoms with van der Waals surface area (Å²) < 4.78 is 104. The summed E-state index contributed by atoms with van der Waals surface area (Å²) in [5, 5.41) is 13.9. The molecule has 2 amide bonds. The van der Waals surface area contributed by atoms with Crippen LogP contribution in [0.2, 0.25) is 0 Å². The lowest BCUT2D eigenvalue weighted by Gasteiger charge is -2.34. The molecule has 0 saturated carbocycles. The van der Waals surface area contributed by atoms with Crippen molar-refractivity contribution in [2.45, 2.75) is 30.7 Å². The number of benzene rings is 2. The second-order valence-corrected chi connectivity index (χ2v) is 9.34. The Balaban J connectivity index is 1.56. The quantitative estimate of drug-likeness (QED) is 0.475. The molecule has 14 heteroatoms. The van der Waals surface area contributed by atoms with Gasteiger partial charge in [-0.25, -0.2) is 9.18 Å². The average Bonchev–Trinajstić information content (AvgIpc) is 3.12. The highest BCUT2D eigenvalue weighted by Crippen LogP contribution is 2.37. The highest BCUT2D eigenvalue weighted by atomic mass is 19.4. The Bertz CT molecular complexity index is 1120. The van der Waals surface area contributed by atoms with Gasteiger partial charge in [-0.3, -0.25) is 9.80 Å². The highest BCUT2D eigenvalue weighted by Gasteiger charge is 2.52. The van der Waals surface area contributed by atoms with Crippen LogP contribution >= 0.6 is 0 Å². The van der Waals surface area contributed by atoms with Crippen molar-refractivity contribution in [3.63, 3.8) is 0 Å². The molecule has 2 atom stereocenters. The summed E-state index contributed by atoms with van der Waals surface area (Å²) >= 11 is 0. The Labute approximate surface area is 219 Å². The maximum absolute atomic E-state index is 13.6. The standard InChI is InChI=1S/C25H26F7N3O4/c26-20-3-1-17(2-4-20)23(21(36)35(22(37)33-23)6-5-34-7-9-38-10-8-34)15-39-14-16-11-18(24(27,28)29)13-19(12-16)25(30,31)32/h1-4,11-13,21,36H,5-10,14-15H2,(H,33,37). The number of aliphatic hydroxyl groups is 1. The van der Waals surface area contributed by atoms with Crippen LogP contribution in [0.3, 0.4) is 0 Å². The van der Waals surface area contributed by atoms with E-state index in [0.29, 0.717) is 45.0 Å². The SMILES string of the molecule is O=C1NC(COCc2cc(C(F)(F)F)cc(C(F)(F)F)c2)(c2ccc(F)cc2)C(O)N1CCN1CCOCC1. The molecule has 4 rings (SSSR count). The number of carbonyl (C=O) groups is 1. The van der Waals surface area contributed by atoms with E-state index in [-0.39, 0.29) is 18.2 Å². The number of amides is 2. The first kappa shape index (κ1) is 29.1. The van der Waals surface area contributed by atoms with Crippen LogP contribution < -0.4 is 5.32 Å². The van der Waals surface area contributed by atoms with Gasteiger partial charge in [-0.1, -0.05) is 12.1 Å². The summed E-state index contributed by atoms with van der Waals surface area (Å²) in [7, 11) is 0. The summed E-state index contributed by atoms with van der Waals surface area (Å²) in [6, 6.07) is 5.22. The number of urea groups is 1. The second kappa shape index (κ2) is 11.3. The Kier molecular flexibility index (Phi) is 8.40. The van der Waals surface area contributed by atoms with Crippen molar-refractivity contribution in [2.24, 2.45) is 0 Å². The van der Waals surface area contributed by atoms with Crippen molar-refractivity contribution in [2.75, 3.05) is 46.0 Å². The largest absolute Gasteiger partial charge is 0.416 e. The van der Waals surface area contributed by atoms with Crippen molar-refractivity contribution in [1.82, 2.24) is 15.1 Å². The van der Waals surface area contributed by atoms with Gasteiger partial charge in [0.2, 0.25) is 0 Å². The monoisotopic (exact) mass is 565 g/mol. The van der Waals surface area contributed by atoms with Gasteiger partial charge in [0.05, 0.1) is 37.6 Å². The van der Waals surface area contributed by atoms with Crippen LogP contribution in [0.4, 0.5) is 35.5 Å². The number of aliphatic hydroxyl groups excluding tert-OH is 1. The van der Waals surface area contributed by atoms with Gasteiger partial charge in [0, 0.05) is 26.2 Å². The fourth-order valence-electron chi connectivity index (χ4n) is 4.60. The lowest BCUT2D eigenvalue weighted by molar-refractivity contribution is -0.143. The van der Waals surface area contributed by atoms with Crippen LogP contribution in [0.5, 0.6) is 0 Å². The van der Waals surface area contributed by atoms with Crippen molar-refractivity contribution in [3.05, 3.63) is 70.5 Å². The van der Waals surface area contributed by atoms with E-state index in [2.05, 4.69) is 5.32 Å². The topological polar surface area (TPSA) is 74.3 Å². The smallest absolute Gasteiger partial charge is 0.379 e. The van der Waals surface area contributed by atoms with Gasteiger partial charge in [0.1, 0.15) is 11.4 Å². The molecule has 0 spiro atoms. The number of rotatable bonds is 8. The molecule has 2 N–H and O–H groups in total. The molecule has 0 radical (unpaired) electrons. The van der Waals surface area contributed by atoms with Gasteiger partial charge >= 0.3 is 18.4 Å². The fraction of sp³-hybridized carbons (Fsp3) is 0.480. The third-order valence-electron chi connectivity index (χ3n) is 6.69. The minimum absolute atomic E-state index is 0.0107. The van der Waals surface area contributed by atoms with Gasteiger partial charge in [-0.2, -0.15) is 26.3 Å². The van der Waals surface area contributed by atoms with Crippen LogP contribution in [0, 0.1) is 5.82 Å². The van der Waals surface area contributed by atoms with E-state index in [1.54, 1.807) is 0 Å². The van der Waals surface area contributed by atoms with Crippen LogP contribution in [0.1, 0.15) is 22.3 Å². The minimum atomic E-state index is -5.03. The first-order valence-electron chi connectivity index (χ1n) is 12.0. The number of carbonyl (C=O) groups excluding carboxylic acids is 1. The molecule has 0 bridgehead atoms. The molecule has 2 saturated heterocycles. The van der Waals surface area contributed by atoms with E-state index in [1.165, 1.54) is 12.1 Å². The van der Waals surface area contributed by atoms with E-state index in [0.717, 1.165) is 17.0 Å². The first-order chi connectivity index (χ1) is 18.3. The number of nitrogens with one attached hydrogen (secondary N) is 1. The number of ether oxygens (including phenoxy) is 2. The number of halogens is 7. The summed E-state index contributed by atoms with van der Waals surface area (Å²) in [5.74, 6) is -0.596. The van der Waals surface area contributed by atoms with E-state index < -0.39 is 65.9 Å². The molecule has 214 valence electrons. The Morgan fingerprint density at radius 3 is 2.13 bits per heavy atom. The van der Waals surface area contributed by atoms with Gasteiger partial charge in [0.15, 0.2) is 6.23 Å². The predicted octanol–water partition coefficient (Wildman–Crippen LogP) is 3.95. The van der Waals surface area contributed by atoms with Crippen molar-refractivity contribution in [3.8, 4) is 0 Å². The second-order valence-electron chi connectivity index (χ2n) is 9.34. The van der Waals surface area contributed by atoms with Crippen molar-refractivity contribution < 1.29 is 50.1 Å². The molecular formula is C25H26F7N3O4. The number of nitrogens with zero attached hydrogens (tertiary/aromatic N) is 2. The number of alkyl halides is 6. The zero-order valence-electron chi connectivity index (χ0n) is 20.5. The van der Waals surface area contributed by atoms with E-state index in [4.69, 9.17) is 9.47 Å². The lowest BCUT2D eigenvalue weighted by atomic mass is 9.89. The van der Waals surface area contributed by atoms with Gasteiger partial charge < -0.3 is 19.9 Å². The summed E-state index contributed by atoms with van der Waals surface area (Å²) in [5.41, 5.74) is -4.84. The molecule has 7 nitrogen and oxygen atoms in total. The van der Waals surface area contributed by atoms with Crippen LogP contribution in [-0.4, -0.2) is 73.2 Å².